The number of amides is 2. The first kappa shape index (κ1) is 31.0. The summed E-state index contributed by atoms with van der Waals surface area (Å²) in [4.78, 5) is 25.1. The molecule has 0 saturated carbocycles. The molecule has 220 valence electrons. The third-order valence-electron chi connectivity index (χ3n) is 5.55. The second kappa shape index (κ2) is 13.8. The van der Waals surface area contributed by atoms with Crippen molar-refractivity contribution in [2.45, 2.75) is 17.9 Å². The smallest absolute Gasteiger partial charge is 0.416 e. The van der Waals surface area contributed by atoms with Gasteiger partial charge >= 0.3 is 6.18 Å². The maximum atomic E-state index is 13.1. The first-order valence-corrected chi connectivity index (χ1v) is 13.8. The summed E-state index contributed by atoms with van der Waals surface area (Å²) in [5.41, 5.74) is -0.584. The van der Waals surface area contributed by atoms with Gasteiger partial charge in [-0.2, -0.15) is 13.2 Å². The van der Waals surface area contributed by atoms with Crippen molar-refractivity contribution in [2.24, 2.45) is 0 Å². The molecule has 0 unspecified atom stereocenters. The third kappa shape index (κ3) is 8.08. The molecule has 0 spiro atoms. The lowest BCUT2D eigenvalue weighted by Gasteiger charge is -2.14. The first-order chi connectivity index (χ1) is 20.0. The summed E-state index contributed by atoms with van der Waals surface area (Å²) in [6.45, 7) is -0.301. The van der Waals surface area contributed by atoms with Crippen molar-refractivity contribution in [1.29, 1.82) is 0 Å². The molecule has 0 aliphatic rings. The van der Waals surface area contributed by atoms with E-state index < -0.39 is 23.6 Å². The molecule has 0 aliphatic carbocycles. The number of carbonyl (C=O) groups excluding carboxylic acids is 2. The highest BCUT2D eigenvalue weighted by atomic mass is 35.5. The van der Waals surface area contributed by atoms with Crippen molar-refractivity contribution < 1.29 is 32.2 Å². The number of nitrogens with one attached hydrogen (secondary N) is 2. The molecule has 42 heavy (non-hydrogen) atoms. The molecule has 1 heterocycles. The van der Waals surface area contributed by atoms with Gasteiger partial charge in [0, 0.05) is 5.02 Å². The van der Waals surface area contributed by atoms with Crippen molar-refractivity contribution >= 4 is 52.5 Å². The van der Waals surface area contributed by atoms with Gasteiger partial charge in [0.1, 0.15) is 11.5 Å². The number of aromatic nitrogens is 3. The number of nitrogens with zero attached hydrogens (tertiary/aromatic N) is 3. The van der Waals surface area contributed by atoms with E-state index in [-0.39, 0.29) is 34.8 Å². The zero-order chi connectivity index (χ0) is 30.3. The number of benzene rings is 3. The highest BCUT2D eigenvalue weighted by Crippen LogP contribution is 2.34. The van der Waals surface area contributed by atoms with Gasteiger partial charge in [-0.3, -0.25) is 14.2 Å². The van der Waals surface area contributed by atoms with Gasteiger partial charge in [-0.25, -0.2) is 0 Å². The van der Waals surface area contributed by atoms with E-state index in [1.807, 2.05) is 0 Å². The van der Waals surface area contributed by atoms with Crippen molar-refractivity contribution in [3.63, 3.8) is 0 Å². The number of rotatable bonds is 11. The Morgan fingerprint density at radius 2 is 1.74 bits per heavy atom. The van der Waals surface area contributed by atoms with E-state index in [0.29, 0.717) is 28.0 Å². The lowest BCUT2D eigenvalue weighted by Crippen LogP contribution is -2.29. The summed E-state index contributed by atoms with van der Waals surface area (Å²) in [5, 5.41) is 14.2. The van der Waals surface area contributed by atoms with Crippen LogP contribution in [0.25, 0.3) is 5.69 Å². The topological polar surface area (TPSA) is 107 Å². The molecule has 3 aromatic carbocycles. The fourth-order valence-corrected chi connectivity index (χ4v) is 4.64. The zero-order valence-corrected chi connectivity index (χ0v) is 24.1. The van der Waals surface area contributed by atoms with Crippen molar-refractivity contribution in [1.82, 2.24) is 20.1 Å². The second-order valence-electron chi connectivity index (χ2n) is 8.45. The molecule has 0 radical (unpaired) electrons. The normalized spacial score (nSPS) is 11.2. The van der Waals surface area contributed by atoms with Crippen LogP contribution in [0.3, 0.4) is 0 Å². The number of halogens is 5. The predicted molar refractivity (Wildman–Crippen MR) is 153 cm³/mol. The third-order valence-corrected chi connectivity index (χ3v) is 7.06. The average molecular weight is 640 g/mol. The maximum absolute atomic E-state index is 13.1. The van der Waals surface area contributed by atoms with Crippen molar-refractivity contribution in [2.75, 3.05) is 24.8 Å². The fourth-order valence-electron chi connectivity index (χ4n) is 3.59. The van der Waals surface area contributed by atoms with Crippen LogP contribution in [0.15, 0.2) is 71.9 Å². The molecule has 0 atom stereocenters. The summed E-state index contributed by atoms with van der Waals surface area (Å²) >= 11 is 12.8. The minimum Gasteiger partial charge on any atom is -0.495 e. The molecule has 2 N–H and O–H groups in total. The summed E-state index contributed by atoms with van der Waals surface area (Å²) < 4.78 is 51.8. The summed E-state index contributed by atoms with van der Waals surface area (Å²) in [7, 11) is 1.48. The van der Waals surface area contributed by atoms with Gasteiger partial charge in [0.25, 0.3) is 5.91 Å². The maximum Gasteiger partial charge on any atom is 0.416 e. The molecule has 15 heteroatoms. The molecule has 4 rings (SSSR count). The Bertz CT molecular complexity index is 1570. The standard InChI is InChI=1S/C27H22Cl2F3N5O4S/c1-40-22-5-3-2-4-21(22)37-23(13-33-24(38)14-41-18-9-7-17(28)8-10-18)35-36-26(37)42-15-25(39)34-20-12-16(27(30,31)32)6-11-19(20)29/h2-12H,13-15H2,1H3,(H,33,38)(H,34,39). The highest BCUT2D eigenvalue weighted by Gasteiger charge is 2.31. The van der Waals surface area contributed by atoms with Gasteiger partial charge in [-0.1, -0.05) is 47.1 Å². The fraction of sp³-hybridized carbons (Fsp3) is 0.185. The number of thioether (sulfide) groups is 1. The van der Waals surface area contributed by atoms with E-state index in [1.165, 1.54) is 7.11 Å². The van der Waals surface area contributed by atoms with Crippen LogP contribution >= 0.6 is 35.0 Å². The largest absolute Gasteiger partial charge is 0.495 e. The SMILES string of the molecule is COc1ccccc1-n1c(CNC(=O)COc2ccc(Cl)cc2)nnc1SCC(=O)Nc1cc(C(F)(F)F)ccc1Cl. The Balaban J connectivity index is 1.47. The average Bonchev–Trinajstić information content (AvgIpc) is 3.37. The lowest BCUT2D eigenvalue weighted by atomic mass is 10.2. The van der Waals surface area contributed by atoms with Crippen LogP contribution in [0.4, 0.5) is 18.9 Å². The Morgan fingerprint density at radius 3 is 2.45 bits per heavy atom. The van der Waals surface area contributed by atoms with Crippen LogP contribution in [0.2, 0.25) is 10.0 Å². The van der Waals surface area contributed by atoms with Gasteiger partial charge < -0.3 is 20.1 Å². The Hall–Kier alpha value is -3.94. The Labute approximate surface area is 252 Å². The lowest BCUT2D eigenvalue weighted by molar-refractivity contribution is -0.137. The van der Waals surface area contributed by atoms with Gasteiger partial charge in [-0.15, -0.1) is 10.2 Å². The number of hydrogen-bond acceptors (Lipinski definition) is 7. The molecule has 0 saturated heterocycles. The zero-order valence-electron chi connectivity index (χ0n) is 21.7. The van der Waals surface area contributed by atoms with E-state index >= 15 is 0 Å². The van der Waals surface area contributed by atoms with Gasteiger partial charge in [0.2, 0.25) is 5.91 Å². The minimum absolute atomic E-state index is 0.0412. The van der Waals surface area contributed by atoms with Crippen molar-refractivity contribution in [3.05, 3.63) is 88.2 Å². The van der Waals surface area contributed by atoms with E-state index in [2.05, 4.69) is 20.8 Å². The first-order valence-electron chi connectivity index (χ1n) is 12.1. The molecule has 1 aromatic heterocycles. The molecule has 4 aromatic rings. The van der Waals surface area contributed by atoms with Crippen molar-refractivity contribution in [3.8, 4) is 17.2 Å². The number of para-hydroxylation sites is 2. The van der Waals surface area contributed by atoms with Gasteiger partial charge in [0.15, 0.2) is 17.6 Å². The van der Waals surface area contributed by atoms with Crippen LogP contribution in [0.1, 0.15) is 11.4 Å². The molecular formula is C27H22Cl2F3N5O4S. The van der Waals surface area contributed by atoms with Crippen LogP contribution in [-0.4, -0.2) is 46.0 Å². The van der Waals surface area contributed by atoms with E-state index in [4.69, 9.17) is 32.7 Å². The van der Waals surface area contributed by atoms with E-state index in [0.717, 1.165) is 30.0 Å². The predicted octanol–water partition coefficient (Wildman–Crippen LogP) is 6.03. The number of hydrogen-bond donors (Lipinski definition) is 2. The van der Waals surface area contributed by atoms with Gasteiger partial charge in [0.05, 0.1) is 41.4 Å². The monoisotopic (exact) mass is 639 g/mol. The van der Waals surface area contributed by atoms with E-state index in [1.54, 1.807) is 53.1 Å². The number of carbonyl (C=O) groups is 2. The summed E-state index contributed by atoms with van der Waals surface area (Å²) in [6, 6.07) is 16.2. The highest BCUT2D eigenvalue weighted by molar-refractivity contribution is 7.99. The number of methoxy groups -OCH3 is 1. The Morgan fingerprint density at radius 1 is 1.00 bits per heavy atom. The molecule has 9 nitrogen and oxygen atoms in total. The minimum atomic E-state index is -4.60. The molecular weight excluding hydrogens is 618 g/mol. The number of alkyl halides is 3. The van der Waals surface area contributed by atoms with Gasteiger partial charge in [-0.05, 0) is 54.6 Å². The number of anilines is 1. The molecule has 2 amide bonds. The Kier molecular flexibility index (Phi) is 10.2. The number of ether oxygens (including phenoxy) is 2. The summed E-state index contributed by atoms with van der Waals surface area (Å²) in [5.74, 6) is -0.0198. The van der Waals surface area contributed by atoms with E-state index in [9.17, 15) is 22.8 Å². The summed E-state index contributed by atoms with van der Waals surface area (Å²) in [6.07, 6.45) is -4.60. The van der Waals surface area contributed by atoms with Crippen LogP contribution in [-0.2, 0) is 22.3 Å². The van der Waals surface area contributed by atoms with Crippen LogP contribution < -0.4 is 20.1 Å². The van der Waals surface area contributed by atoms with Crippen LogP contribution in [0.5, 0.6) is 11.5 Å². The molecule has 0 bridgehead atoms. The van der Waals surface area contributed by atoms with Crippen LogP contribution in [0, 0.1) is 0 Å². The quantitative estimate of drug-likeness (QED) is 0.193. The molecule has 0 aliphatic heterocycles. The second-order valence-corrected chi connectivity index (χ2v) is 10.2. The molecule has 0 fully saturated rings.